The maximum absolute atomic E-state index is 5.85. The van der Waals surface area contributed by atoms with Gasteiger partial charge in [-0.2, -0.15) is 0 Å². The molecule has 0 saturated carbocycles. The first-order valence-corrected chi connectivity index (χ1v) is 9.72. The number of fused-ring (bicyclic) bond motifs is 1. The van der Waals surface area contributed by atoms with Crippen molar-refractivity contribution in [3.63, 3.8) is 0 Å². The lowest BCUT2D eigenvalue weighted by molar-refractivity contribution is 0.117. The molecule has 0 amide bonds. The summed E-state index contributed by atoms with van der Waals surface area (Å²) in [5.41, 5.74) is 4.22. The second-order valence-corrected chi connectivity index (χ2v) is 7.09. The number of ether oxygens (including phenoxy) is 1. The molecule has 4 rings (SSSR count). The van der Waals surface area contributed by atoms with Crippen LogP contribution < -0.4 is 14.5 Å². The van der Waals surface area contributed by atoms with E-state index in [1.165, 1.54) is 28.4 Å². The molecule has 0 atom stereocenters. The molecule has 1 heterocycles. The van der Waals surface area contributed by atoms with Gasteiger partial charge in [0.2, 0.25) is 0 Å². The van der Waals surface area contributed by atoms with Gasteiger partial charge in [-0.05, 0) is 53.5 Å². The number of hydroxylamine groups is 1. The average molecular weight is 379 g/mol. The van der Waals surface area contributed by atoms with Crippen molar-refractivity contribution in [1.29, 1.82) is 0 Å². The SMILES string of the molecule is C(NOc1cccc(OSc2ccc3ccccc3c2)c1)=C1CCOCC1. The van der Waals surface area contributed by atoms with E-state index in [0.717, 1.165) is 36.7 Å². The number of nitrogens with one attached hydrogen (secondary N) is 1. The maximum Gasteiger partial charge on any atom is 0.158 e. The Hall–Kier alpha value is -2.63. The predicted octanol–water partition coefficient (Wildman–Crippen LogP) is 5.50. The van der Waals surface area contributed by atoms with Gasteiger partial charge in [0.15, 0.2) is 5.75 Å². The Morgan fingerprint density at radius 3 is 2.56 bits per heavy atom. The van der Waals surface area contributed by atoms with E-state index in [1.54, 1.807) is 0 Å². The third kappa shape index (κ3) is 4.96. The molecule has 1 aliphatic heterocycles. The van der Waals surface area contributed by atoms with Gasteiger partial charge in [0.1, 0.15) is 5.75 Å². The lowest BCUT2D eigenvalue weighted by atomic mass is 10.1. The van der Waals surface area contributed by atoms with Crippen LogP contribution in [0.15, 0.2) is 83.4 Å². The Bertz CT molecular complexity index is 933. The highest BCUT2D eigenvalue weighted by Gasteiger charge is 2.05. The van der Waals surface area contributed by atoms with Crippen molar-refractivity contribution in [3.8, 4) is 11.5 Å². The molecule has 138 valence electrons. The van der Waals surface area contributed by atoms with Gasteiger partial charge < -0.3 is 13.8 Å². The number of rotatable bonds is 6. The van der Waals surface area contributed by atoms with Crippen molar-refractivity contribution in [2.75, 3.05) is 13.2 Å². The van der Waals surface area contributed by atoms with E-state index in [-0.39, 0.29) is 0 Å². The molecule has 27 heavy (non-hydrogen) atoms. The van der Waals surface area contributed by atoms with Crippen LogP contribution in [0, 0.1) is 0 Å². The minimum atomic E-state index is 0.704. The smallest absolute Gasteiger partial charge is 0.158 e. The van der Waals surface area contributed by atoms with Gasteiger partial charge in [-0.15, -0.1) is 0 Å². The fraction of sp³-hybridized carbons (Fsp3) is 0.182. The van der Waals surface area contributed by atoms with Crippen LogP contribution in [0.5, 0.6) is 11.5 Å². The fourth-order valence-electron chi connectivity index (χ4n) is 2.86. The van der Waals surface area contributed by atoms with Gasteiger partial charge in [0, 0.05) is 17.2 Å². The van der Waals surface area contributed by atoms with Crippen molar-refractivity contribution in [1.82, 2.24) is 5.48 Å². The Morgan fingerprint density at radius 2 is 1.67 bits per heavy atom. The molecule has 0 bridgehead atoms. The Kier molecular flexibility index (Phi) is 5.82. The lowest BCUT2D eigenvalue weighted by Gasteiger charge is -2.15. The van der Waals surface area contributed by atoms with Crippen LogP contribution in [0.3, 0.4) is 0 Å². The predicted molar refractivity (Wildman–Crippen MR) is 109 cm³/mol. The monoisotopic (exact) mass is 379 g/mol. The Morgan fingerprint density at radius 1 is 0.852 bits per heavy atom. The van der Waals surface area contributed by atoms with Crippen LogP contribution in [-0.4, -0.2) is 13.2 Å². The second kappa shape index (κ2) is 8.84. The minimum Gasteiger partial charge on any atom is -0.420 e. The molecule has 0 aliphatic carbocycles. The quantitative estimate of drug-likeness (QED) is 0.452. The normalized spacial score (nSPS) is 14.0. The molecule has 4 nitrogen and oxygen atoms in total. The molecule has 5 heteroatoms. The molecule has 1 saturated heterocycles. The second-order valence-electron chi connectivity index (χ2n) is 6.29. The summed E-state index contributed by atoms with van der Waals surface area (Å²) in [5.74, 6) is 1.45. The Labute approximate surface area is 163 Å². The van der Waals surface area contributed by atoms with Crippen molar-refractivity contribution in [2.45, 2.75) is 17.7 Å². The zero-order valence-electron chi connectivity index (χ0n) is 14.9. The summed E-state index contributed by atoms with van der Waals surface area (Å²) in [7, 11) is 0. The number of hydrogen-bond donors (Lipinski definition) is 1. The van der Waals surface area contributed by atoms with Crippen molar-refractivity contribution >= 4 is 22.8 Å². The van der Waals surface area contributed by atoms with E-state index in [2.05, 4.69) is 35.8 Å². The van der Waals surface area contributed by atoms with Crippen molar-refractivity contribution < 1.29 is 13.8 Å². The third-order valence-electron chi connectivity index (χ3n) is 4.34. The maximum atomic E-state index is 5.85. The topological polar surface area (TPSA) is 39.7 Å². The van der Waals surface area contributed by atoms with E-state index in [1.807, 2.05) is 42.6 Å². The van der Waals surface area contributed by atoms with Crippen molar-refractivity contribution in [3.05, 3.63) is 78.5 Å². The number of hydrogen-bond acceptors (Lipinski definition) is 5. The highest BCUT2D eigenvalue weighted by atomic mass is 32.2. The highest BCUT2D eigenvalue weighted by molar-refractivity contribution is 7.95. The van der Waals surface area contributed by atoms with Gasteiger partial charge >= 0.3 is 0 Å². The highest BCUT2D eigenvalue weighted by Crippen LogP contribution is 2.28. The first kappa shape index (κ1) is 17.8. The third-order valence-corrected chi connectivity index (χ3v) is 5.06. The van der Waals surface area contributed by atoms with E-state index in [0.29, 0.717) is 5.75 Å². The molecule has 3 aromatic rings. The summed E-state index contributed by atoms with van der Waals surface area (Å²) in [5, 5.41) is 2.43. The molecule has 0 spiro atoms. The summed E-state index contributed by atoms with van der Waals surface area (Å²) >= 11 is 1.34. The molecule has 3 aromatic carbocycles. The van der Waals surface area contributed by atoms with Crippen LogP contribution in [0.25, 0.3) is 10.8 Å². The van der Waals surface area contributed by atoms with Crippen LogP contribution >= 0.6 is 12.0 Å². The molecule has 1 aliphatic rings. The summed E-state index contributed by atoms with van der Waals surface area (Å²) in [6.07, 6.45) is 3.81. The largest absolute Gasteiger partial charge is 0.420 e. The molecule has 1 fully saturated rings. The summed E-state index contributed by atoms with van der Waals surface area (Å²) in [6.45, 7) is 1.56. The van der Waals surface area contributed by atoms with Gasteiger partial charge in [-0.25, -0.2) is 5.48 Å². The van der Waals surface area contributed by atoms with E-state index >= 15 is 0 Å². The molecular weight excluding hydrogens is 358 g/mol. The summed E-state index contributed by atoms with van der Waals surface area (Å²) in [6, 6.07) is 22.2. The fourth-order valence-corrected chi connectivity index (χ4v) is 3.46. The molecule has 1 N–H and O–H groups in total. The van der Waals surface area contributed by atoms with Gasteiger partial charge in [0.05, 0.1) is 25.3 Å². The van der Waals surface area contributed by atoms with Gasteiger partial charge in [0.25, 0.3) is 0 Å². The van der Waals surface area contributed by atoms with Crippen LogP contribution in [0.4, 0.5) is 0 Å². The molecule has 0 unspecified atom stereocenters. The summed E-state index contributed by atoms with van der Waals surface area (Å²) < 4.78 is 11.2. The number of benzene rings is 3. The van der Waals surface area contributed by atoms with Crippen molar-refractivity contribution in [2.24, 2.45) is 0 Å². The van der Waals surface area contributed by atoms with E-state index in [4.69, 9.17) is 13.8 Å². The first-order valence-electron chi connectivity index (χ1n) is 8.98. The van der Waals surface area contributed by atoms with Gasteiger partial charge in [-0.1, -0.05) is 36.4 Å². The molecule has 0 radical (unpaired) electrons. The average Bonchev–Trinajstić information content (AvgIpc) is 2.73. The van der Waals surface area contributed by atoms with Crippen LogP contribution in [-0.2, 0) is 4.74 Å². The van der Waals surface area contributed by atoms with E-state index in [9.17, 15) is 0 Å². The van der Waals surface area contributed by atoms with Crippen LogP contribution in [0.2, 0.25) is 0 Å². The first-order chi connectivity index (χ1) is 13.4. The minimum absolute atomic E-state index is 0.704. The zero-order valence-corrected chi connectivity index (χ0v) is 15.7. The van der Waals surface area contributed by atoms with E-state index < -0.39 is 0 Å². The zero-order chi connectivity index (χ0) is 18.3. The Balaban J connectivity index is 1.34. The molecular formula is C22H21NO3S. The standard InChI is InChI=1S/C22H21NO3S/c1-2-5-19-14-22(9-8-18(19)4-1)27-26-21-7-3-6-20(15-21)25-23-16-17-10-12-24-13-11-17/h1-9,14-16,23H,10-13H2. The van der Waals surface area contributed by atoms with Gasteiger partial charge in [-0.3, -0.25) is 0 Å². The lowest BCUT2D eigenvalue weighted by Crippen LogP contribution is -2.15. The van der Waals surface area contributed by atoms with Crippen LogP contribution in [0.1, 0.15) is 12.8 Å². The summed E-state index contributed by atoms with van der Waals surface area (Å²) in [4.78, 5) is 6.66. The molecule has 0 aromatic heterocycles.